The number of fused-ring (bicyclic) bond motifs is 3. The van der Waals surface area contributed by atoms with Gasteiger partial charge in [0.15, 0.2) is 5.16 Å². The van der Waals surface area contributed by atoms with E-state index in [-0.39, 0.29) is 5.56 Å². The first kappa shape index (κ1) is 20.2. The normalized spacial score (nSPS) is 17.2. The Morgan fingerprint density at radius 2 is 2.14 bits per heavy atom. The molecule has 1 amide bonds. The number of carbonyl (C=O) groups is 1. The minimum Gasteiger partial charge on any atom is -0.369 e. The van der Waals surface area contributed by atoms with E-state index >= 15 is 0 Å². The highest BCUT2D eigenvalue weighted by Crippen LogP contribution is 2.36. The number of nitrogens with two attached hydrogens (primary N) is 1. The van der Waals surface area contributed by atoms with Crippen LogP contribution in [0.15, 0.2) is 40.3 Å². The lowest BCUT2D eigenvalue weighted by Crippen LogP contribution is -2.28. The first-order valence-corrected chi connectivity index (χ1v) is 11.7. The second kappa shape index (κ2) is 8.32. The fourth-order valence-corrected chi connectivity index (χ4v) is 6.10. The van der Waals surface area contributed by atoms with Crippen molar-refractivity contribution in [2.24, 2.45) is 11.7 Å². The third-order valence-corrected chi connectivity index (χ3v) is 7.79. The van der Waals surface area contributed by atoms with Crippen molar-refractivity contribution in [3.63, 3.8) is 0 Å². The summed E-state index contributed by atoms with van der Waals surface area (Å²) in [5, 5.41) is 0.911. The van der Waals surface area contributed by atoms with Crippen LogP contribution >= 0.6 is 23.1 Å². The minimum atomic E-state index is -0.447. The third kappa shape index (κ3) is 4.12. The first-order valence-electron chi connectivity index (χ1n) is 9.99. The molecule has 29 heavy (non-hydrogen) atoms. The van der Waals surface area contributed by atoms with Crippen molar-refractivity contribution < 1.29 is 4.79 Å². The molecule has 2 atom stereocenters. The maximum atomic E-state index is 13.5. The molecule has 1 aliphatic rings. The molecular weight excluding hydrogens is 402 g/mol. The summed E-state index contributed by atoms with van der Waals surface area (Å²) >= 11 is 2.91. The Labute approximate surface area is 178 Å². The van der Waals surface area contributed by atoms with Crippen molar-refractivity contribution in [2.45, 2.75) is 56.5 Å². The van der Waals surface area contributed by atoms with Crippen LogP contribution in [0.25, 0.3) is 10.2 Å². The zero-order valence-corrected chi connectivity index (χ0v) is 18.3. The van der Waals surface area contributed by atoms with Crippen molar-refractivity contribution >= 4 is 39.2 Å². The van der Waals surface area contributed by atoms with Gasteiger partial charge in [0.05, 0.1) is 10.6 Å². The van der Waals surface area contributed by atoms with E-state index in [1.807, 2.05) is 18.2 Å². The Morgan fingerprint density at radius 3 is 2.86 bits per heavy atom. The molecule has 0 saturated heterocycles. The number of carbonyl (C=O) groups excluding carboxylic acids is 1. The summed E-state index contributed by atoms with van der Waals surface area (Å²) in [6.45, 7) is 4.54. The van der Waals surface area contributed by atoms with Gasteiger partial charge in [0.25, 0.3) is 5.56 Å². The van der Waals surface area contributed by atoms with E-state index in [1.165, 1.54) is 27.8 Å². The van der Waals surface area contributed by atoms with Gasteiger partial charge in [-0.2, -0.15) is 0 Å². The van der Waals surface area contributed by atoms with Crippen LogP contribution in [-0.2, 0) is 30.6 Å². The van der Waals surface area contributed by atoms with Crippen LogP contribution in [0, 0.1) is 5.92 Å². The summed E-state index contributed by atoms with van der Waals surface area (Å²) in [7, 11) is 0. The molecule has 0 fully saturated rings. The van der Waals surface area contributed by atoms with Crippen molar-refractivity contribution in [2.75, 3.05) is 0 Å². The predicted molar refractivity (Wildman–Crippen MR) is 120 cm³/mol. The number of rotatable bonds is 6. The van der Waals surface area contributed by atoms with Gasteiger partial charge in [-0.05, 0) is 49.7 Å². The van der Waals surface area contributed by atoms with Crippen molar-refractivity contribution in [3.05, 3.63) is 56.7 Å². The molecule has 0 saturated carbocycles. The first-order chi connectivity index (χ1) is 13.9. The summed E-state index contributed by atoms with van der Waals surface area (Å²) in [6, 6.07) is 10.1. The van der Waals surface area contributed by atoms with Gasteiger partial charge >= 0.3 is 0 Å². The molecule has 1 aliphatic carbocycles. The van der Waals surface area contributed by atoms with Crippen LogP contribution in [0.1, 0.15) is 36.3 Å². The highest BCUT2D eigenvalue weighted by atomic mass is 32.2. The molecule has 2 heterocycles. The molecule has 0 radical (unpaired) electrons. The van der Waals surface area contributed by atoms with Gasteiger partial charge in [0, 0.05) is 11.4 Å². The summed E-state index contributed by atoms with van der Waals surface area (Å²) in [5.74, 6) is 0.234. The summed E-state index contributed by atoms with van der Waals surface area (Å²) < 4.78 is 1.74. The maximum absolute atomic E-state index is 13.5. The van der Waals surface area contributed by atoms with E-state index < -0.39 is 11.2 Å². The number of primary amides is 1. The van der Waals surface area contributed by atoms with Gasteiger partial charge in [-0.3, -0.25) is 14.2 Å². The molecule has 7 heteroatoms. The van der Waals surface area contributed by atoms with E-state index in [0.717, 1.165) is 35.9 Å². The van der Waals surface area contributed by atoms with Crippen LogP contribution in [0.2, 0.25) is 0 Å². The van der Waals surface area contributed by atoms with Crippen LogP contribution in [0.5, 0.6) is 0 Å². The molecule has 1 aromatic carbocycles. The largest absolute Gasteiger partial charge is 0.369 e. The average molecular weight is 428 g/mol. The maximum Gasteiger partial charge on any atom is 0.263 e. The number of aromatic nitrogens is 2. The Kier molecular flexibility index (Phi) is 5.79. The average Bonchev–Trinajstić information content (AvgIpc) is 3.05. The molecular formula is C22H25N3O2S2. The zero-order valence-electron chi connectivity index (χ0n) is 16.7. The lowest BCUT2D eigenvalue weighted by atomic mass is 9.89. The summed E-state index contributed by atoms with van der Waals surface area (Å²) in [4.78, 5) is 32.1. The van der Waals surface area contributed by atoms with Gasteiger partial charge < -0.3 is 5.73 Å². The molecule has 5 nitrogen and oxygen atoms in total. The van der Waals surface area contributed by atoms with E-state index in [2.05, 4.69) is 19.1 Å². The van der Waals surface area contributed by atoms with Crippen molar-refractivity contribution in [1.29, 1.82) is 0 Å². The van der Waals surface area contributed by atoms with E-state index in [1.54, 1.807) is 22.8 Å². The van der Waals surface area contributed by atoms with E-state index in [9.17, 15) is 9.59 Å². The Balaban J connectivity index is 1.79. The number of hydrogen-bond acceptors (Lipinski definition) is 5. The van der Waals surface area contributed by atoms with Crippen LogP contribution in [0.3, 0.4) is 0 Å². The molecule has 152 valence electrons. The van der Waals surface area contributed by atoms with Gasteiger partial charge in [-0.25, -0.2) is 4.98 Å². The standard InChI is InChI=1S/C22H25N3O2S2/c1-13-8-9-16-17(12-13)29-20-18(16)21(27)25(11-10-15-6-4-3-5-7-15)22(24-20)28-14(2)19(23)26/h3-7,13-14H,8-12H2,1-2H3,(H2,23,26)/t13-,14+/m1/s1. The lowest BCUT2D eigenvalue weighted by molar-refractivity contribution is -0.117. The topological polar surface area (TPSA) is 78.0 Å². The minimum absolute atomic E-state index is 0.0113. The predicted octanol–water partition coefficient (Wildman–Crippen LogP) is 3.79. The quantitative estimate of drug-likeness (QED) is 0.480. The molecule has 0 bridgehead atoms. The van der Waals surface area contributed by atoms with Gasteiger partial charge in [0.2, 0.25) is 5.91 Å². The fourth-order valence-electron chi connectivity index (χ4n) is 3.79. The summed E-state index contributed by atoms with van der Waals surface area (Å²) in [6.07, 6.45) is 3.80. The Bertz CT molecular complexity index is 1100. The van der Waals surface area contributed by atoms with E-state index in [4.69, 9.17) is 10.7 Å². The highest BCUT2D eigenvalue weighted by molar-refractivity contribution is 8.00. The molecule has 3 aromatic rings. The molecule has 0 aliphatic heterocycles. The highest BCUT2D eigenvalue weighted by Gasteiger charge is 2.25. The van der Waals surface area contributed by atoms with Crippen LogP contribution in [0.4, 0.5) is 0 Å². The SMILES string of the molecule is C[C@@H]1CCc2c(sc3nc(S[C@@H](C)C(N)=O)n(CCc4ccccc4)c(=O)c23)C1. The van der Waals surface area contributed by atoms with Gasteiger partial charge in [-0.1, -0.05) is 49.0 Å². The number of amides is 1. The second-order valence-electron chi connectivity index (χ2n) is 7.78. The molecule has 4 rings (SSSR count). The number of thiophene rings is 1. The van der Waals surface area contributed by atoms with E-state index in [0.29, 0.717) is 17.6 Å². The third-order valence-electron chi connectivity index (χ3n) is 5.53. The number of thioether (sulfide) groups is 1. The summed E-state index contributed by atoms with van der Waals surface area (Å²) in [5.41, 5.74) is 7.84. The van der Waals surface area contributed by atoms with Gasteiger partial charge in [-0.15, -0.1) is 11.3 Å². The second-order valence-corrected chi connectivity index (χ2v) is 10.2. The van der Waals surface area contributed by atoms with Crippen molar-refractivity contribution in [1.82, 2.24) is 9.55 Å². The smallest absolute Gasteiger partial charge is 0.263 e. The molecule has 0 spiro atoms. The Morgan fingerprint density at radius 1 is 1.38 bits per heavy atom. The van der Waals surface area contributed by atoms with Crippen LogP contribution < -0.4 is 11.3 Å². The van der Waals surface area contributed by atoms with Crippen LogP contribution in [-0.4, -0.2) is 20.7 Å². The fraction of sp³-hybridized carbons (Fsp3) is 0.409. The number of hydrogen-bond donors (Lipinski definition) is 1. The molecule has 2 N–H and O–H groups in total. The van der Waals surface area contributed by atoms with Gasteiger partial charge in [0.1, 0.15) is 4.83 Å². The molecule has 0 unspecified atom stereocenters. The van der Waals surface area contributed by atoms with Crippen molar-refractivity contribution in [3.8, 4) is 0 Å². The lowest BCUT2D eigenvalue weighted by Gasteiger charge is -2.18. The Hall–Kier alpha value is -2.12. The number of aryl methyl sites for hydroxylation is 2. The number of nitrogens with zero attached hydrogens (tertiary/aromatic N) is 2. The number of benzene rings is 1. The molecule has 2 aromatic heterocycles. The monoisotopic (exact) mass is 427 g/mol. The zero-order chi connectivity index (χ0) is 20.5.